The Kier molecular flexibility index (Phi) is 7.45. The number of fused-ring (bicyclic) bond motifs is 5. The molecule has 0 radical (unpaired) electrons. The molecule has 2 aliphatic heterocycles. The topological polar surface area (TPSA) is 88.0 Å². The summed E-state index contributed by atoms with van der Waals surface area (Å²) in [6.45, 7) is 5.44. The Hall–Kier alpha value is -3.00. The first-order chi connectivity index (χ1) is 15.1. The van der Waals surface area contributed by atoms with E-state index in [-0.39, 0.29) is 25.4 Å². The molecule has 2 N–H and O–H groups in total. The molecule has 1 amide bonds. The van der Waals surface area contributed by atoms with Crippen LogP contribution in [-0.2, 0) is 18.3 Å². The summed E-state index contributed by atoms with van der Waals surface area (Å²) < 4.78 is 1.96. The Labute approximate surface area is 190 Å². The summed E-state index contributed by atoms with van der Waals surface area (Å²) in [7, 11) is 3.87. The molecule has 3 aromatic rings. The van der Waals surface area contributed by atoms with Crippen molar-refractivity contribution in [1.82, 2.24) is 30.0 Å². The number of rotatable bonds is 0. The van der Waals surface area contributed by atoms with Gasteiger partial charge in [0.05, 0.1) is 17.3 Å². The van der Waals surface area contributed by atoms with Crippen LogP contribution in [0.25, 0.3) is 22.2 Å². The fraction of sp³-hybridized carbons (Fsp3) is 0.500. The molecule has 0 spiro atoms. The van der Waals surface area contributed by atoms with E-state index in [4.69, 9.17) is 10.1 Å². The normalized spacial score (nSPS) is 20.4. The molecule has 4 bridgehead atoms. The number of anilines is 1. The molecule has 0 aliphatic carbocycles. The van der Waals surface area contributed by atoms with Crippen molar-refractivity contribution in [3.05, 3.63) is 36.2 Å². The Morgan fingerprint density at radius 3 is 2.78 bits per heavy atom. The Morgan fingerprint density at radius 1 is 1.16 bits per heavy atom. The van der Waals surface area contributed by atoms with Crippen LogP contribution < -0.4 is 10.6 Å². The fourth-order valence-corrected chi connectivity index (χ4v) is 4.47. The fourth-order valence-electron chi connectivity index (χ4n) is 4.47. The van der Waals surface area contributed by atoms with Crippen molar-refractivity contribution in [2.24, 2.45) is 7.05 Å². The van der Waals surface area contributed by atoms with E-state index in [2.05, 4.69) is 21.7 Å². The van der Waals surface area contributed by atoms with Crippen molar-refractivity contribution in [1.29, 1.82) is 0 Å². The van der Waals surface area contributed by atoms with Crippen molar-refractivity contribution in [2.75, 3.05) is 25.5 Å². The third kappa shape index (κ3) is 4.46. The number of hydrogen-bond donors (Lipinski definition) is 2. The predicted molar refractivity (Wildman–Crippen MR) is 130 cm³/mol. The standard InChI is InChI=1S/C21H25N7O.C2H6.CH4/c1-27-10-4-7-18-19-14(5-3-6-16(19)26-28(18)2)15-8-9-22-21(25-15)24-13-11-17(20(27)29)23-12-13;1-2;/h3,5-6,8-9,13,17,23H,4,7,10-12H2,1-2H3,(H,22,24,25);1-2H3;1H4. The zero-order chi connectivity index (χ0) is 22.0. The maximum absolute atomic E-state index is 12.8. The Morgan fingerprint density at radius 2 is 1.97 bits per heavy atom. The van der Waals surface area contributed by atoms with Gasteiger partial charge in [0.25, 0.3) is 0 Å². The van der Waals surface area contributed by atoms with Crippen LogP contribution in [0.4, 0.5) is 5.95 Å². The molecule has 2 aromatic heterocycles. The molecule has 8 heteroatoms. The molecule has 2 atom stereocenters. The number of nitrogens with zero attached hydrogens (tertiary/aromatic N) is 5. The summed E-state index contributed by atoms with van der Waals surface area (Å²) in [5, 5.41) is 12.6. The number of aromatic nitrogens is 4. The highest BCUT2D eigenvalue weighted by Crippen LogP contribution is 2.31. The first kappa shape index (κ1) is 23.7. The molecule has 172 valence electrons. The van der Waals surface area contributed by atoms with Crippen LogP contribution in [0, 0.1) is 0 Å². The van der Waals surface area contributed by atoms with Crippen LogP contribution in [0.15, 0.2) is 30.5 Å². The summed E-state index contributed by atoms with van der Waals surface area (Å²) in [6, 6.07) is 8.07. The zero-order valence-electron chi connectivity index (χ0n) is 18.7. The number of benzene rings is 1. The molecule has 2 aliphatic rings. The molecule has 0 saturated carbocycles. The monoisotopic (exact) mass is 437 g/mol. The number of aryl methyl sites for hydroxylation is 2. The van der Waals surface area contributed by atoms with Gasteiger partial charge in [-0.2, -0.15) is 5.10 Å². The van der Waals surface area contributed by atoms with E-state index >= 15 is 0 Å². The summed E-state index contributed by atoms with van der Waals surface area (Å²) in [6.07, 6.45) is 4.25. The number of carbonyl (C=O) groups excluding carboxylic acids is 1. The van der Waals surface area contributed by atoms with Gasteiger partial charge < -0.3 is 15.5 Å². The van der Waals surface area contributed by atoms with Crippen LogP contribution in [0.2, 0.25) is 0 Å². The number of hydrogen-bond acceptors (Lipinski definition) is 6. The maximum Gasteiger partial charge on any atom is 0.239 e. The lowest BCUT2D eigenvalue weighted by molar-refractivity contribution is -0.131. The van der Waals surface area contributed by atoms with E-state index in [1.165, 1.54) is 5.69 Å². The van der Waals surface area contributed by atoms with Gasteiger partial charge in [-0.1, -0.05) is 33.4 Å². The van der Waals surface area contributed by atoms with Gasteiger partial charge in [0.1, 0.15) is 0 Å². The highest BCUT2D eigenvalue weighted by Gasteiger charge is 2.31. The second-order valence-corrected chi connectivity index (χ2v) is 7.94. The lowest BCUT2D eigenvalue weighted by Gasteiger charge is -2.21. The number of likely N-dealkylation sites (N-methyl/N-ethyl adjacent to an activating group) is 1. The van der Waals surface area contributed by atoms with Gasteiger partial charge >= 0.3 is 0 Å². The third-order valence-corrected chi connectivity index (χ3v) is 5.96. The minimum absolute atomic E-state index is 0. The van der Waals surface area contributed by atoms with Gasteiger partial charge in [0.2, 0.25) is 11.9 Å². The van der Waals surface area contributed by atoms with Gasteiger partial charge in [0.15, 0.2) is 0 Å². The third-order valence-electron chi connectivity index (χ3n) is 5.96. The lowest BCUT2D eigenvalue weighted by Crippen LogP contribution is -2.42. The van der Waals surface area contributed by atoms with Crippen molar-refractivity contribution in [2.45, 2.75) is 52.6 Å². The first-order valence-corrected chi connectivity index (χ1v) is 11.1. The second-order valence-electron chi connectivity index (χ2n) is 7.94. The minimum atomic E-state index is -0.161. The largest absolute Gasteiger partial charge is 0.350 e. The van der Waals surface area contributed by atoms with Gasteiger partial charge in [-0.05, 0) is 31.4 Å². The number of carbonyl (C=O) groups is 1. The zero-order valence-corrected chi connectivity index (χ0v) is 18.7. The van der Waals surface area contributed by atoms with E-state index in [9.17, 15) is 4.79 Å². The molecule has 1 saturated heterocycles. The molecule has 32 heavy (non-hydrogen) atoms. The maximum atomic E-state index is 12.8. The summed E-state index contributed by atoms with van der Waals surface area (Å²) in [5.41, 5.74) is 4.08. The minimum Gasteiger partial charge on any atom is -0.350 e. The first-order valence-electron chi connectivity index (χ1n) is 11.1. The number of nitrogens with one attached hydrogen (secondary N) is 2. The molecule has 4 heterocycles. The molecular formula is C24H35N7O. The van der Waals surface area contributed by atoms with E-state index in [0.29, 0.717) is 5.95 Å². The molecule has 1 fully saturated rings. The highest BCUT2D eigenvalue weighted by molar-refractivity contribution is 5.96. The van der Waals surface area contributed by atoms with E-state index in [1.54, 1.807) is 6.20 Å². The van der Waals surface area contributed by atoms with Gasteiger partial charge in [-0.15, -0.1) is 0 Å². The van der Waals surface area contributed by atoms with Crippen molar-refractivity contribution in [3.63, 3.8) is 0 Å². The van der Waals surface area contributed by atoms with Crippen LogP contribution in [0.1, 0.15) is 39.8 Å². The van der Waals surface area contributed by atoms with Crippen molar-refractivity contribution < 1.29 is 4.79 Å². The lowest BCUT2D eigenvalue weighted by atomic mass is 10.0. The van der Waals surface area contributed by atoms with Crippen LogP contribution in [0.5, 0.6) is 0 Å². The van der Waals surface area contributed by atoms with Gasteiger partial charge in [-0.3, -0.25) is 9.48 Å². The molecular weight excluding hydrogens is 402 g/mol. The van der Waals surface area contributed by atoms with Crippen LogP contribution >= 0.6 is 0 Å². The molecule has 1 aromatic carbocycles. The van der Waals surface area contributed by atoms with Crippen LogP contribution in [0.3, 0.4) is 0 Å². The summed E-state index contributed by atoms with van der Waals surface area (Å²) in [5.74, 6) is 0.738. The molecule has 5 rings (SSSR count). The van der Waals surface area contributed by atoms with E-state index in [0.717, 1.165) is 54.5 Å². The van der Waals surface area contributed by atoms with Crippen LogP contribution in [-0.4, -0.2) is 62.8 Å². The summed E-state index contributed by atoms with van der Waals surface area (Å²) >= 11 is 0. The van der Waals surface area contributed by atoms with E-state index in [1.807, 2.05) is 55.7 Å². The quantitative estimate of drug-likeness (QED) is 0.561. The van der Waals surface area contributed by atoms with E-state index < -0.39 is 0 Å². The second kappa shape index (κ2) is 10.1. The smallest absolute Gasteiger partial charge is 0.239 e. The van der Waals surface area contributed by atoms with Gasteiger partial charge in [0, 0.05) is 56.1 Å². The van der Waals surface area contributed by atoms with Crippen molar-refractivity contribution in [3.8, 4) is 11.3 Å². The average molecular weight is 438 g/mol. The Bertz CT molecular complexity index is 1080. The predicted octanol–water partition coefficient (Wildman–Crippen LogP) is 3.24. The SMILES string of the molecule is C.CC.CN1CCCc2c3c(cccc3nn2C)-c2ccnc(n2)NC2CNC(C2)C1=O. The average Bonchev–Trinajstić information content (AvgIpc) is 3.38. The Balaban J connectivity index is 0.000000938. The number of amides is 1. The van der Waals surface area contributed by atoms with Gasteiger partial charge in [-0.25, -0.2) is 9.97 Å². The highest BCUT2D eigenvalue weighted by atomic mass is 16.2. The molecule has 2 unspecified atom stereocenters. The van der Waals surface area contributed by atoms with Crippen molar-refractivity contribution >= 4 is 22.8 Å². The summed E-state index contributed by atoms with van der Waals surface area (Å²) in [4.78, 5) is 23.8. The molecule has 8 nitrogen and oxygen atoms in total.